The molecule has 0 atom stereocenters. The summed E-state index contributed by atoms with van der Waals surface area (Å²) in [6, 6.07) is 16.5. The maximum Gasteiger partial charge on any atom is 0.260 e. The lowest BCUT2D eigenvalue weighted by atomic mass is 10.1. The van der Waals surface area contributed by atoms with Crippen molar-refractivity contribution in [2.45, 2.75) is 20.4 Å². The van der Waals surface area contributed by atoms with E-state index >= 15 is 0 Å². The van der Waals surface area contributed by atoms with Crippen LogP contribution in [0.25, 0.3) is 0 Å². The highest BCUT2D eigenvalue weighted by Gasteiger charge is 2.21. The van der Waals surface area contributed by atoms with Gasteiger partial charge in [0.2, 0.25) is 0 Å². The van der Waals surface area contributed by atoms with Crippen molar-refractivity contribution < 1.29 is 9.53 Å². The summed E-state index contributed by atoms with van der Waals surface area (Å²) < 4.78 is 5.63. The van der Waals surface area contributed by atoms with E-state index in [4.69, 9.17) is 4.74 Å². The number of carbonyl (C=O) groups is 1. The third-order valence-electron chi connectivity index (χ3n) is 4.60. The first-order chi connectivity index (χ1) is 12.1. The van der Waals surface area contributed by atoms with Gasteiger partial charge < -0.3 is 9.64 Å². The van der Waals surface area contributed by atoms with Gasteiger partial charge in [0.05, 0.1) is 0 Å². The number of aryl methyl sites for hydroxylation is 2. The van der Waals surface area contributed by atoms with Crippen LogP contribution in [0.3, 0.4) is 0 Å². The SMILES string of the molecule is Cc1ccc(CN2CCN(C(=O)COc3cccc(C)c3)CC2)cc1. The van der Waals surface area contributed by atoms with Gasteiger partial charge in [0.15, 0.2) is 6.61 Å². The molecule has 132 valence electrons. The fourth-order valence-corrected chi connectivity index (χ4v) is 3.05. The lowest BCUT2D eigenvalue weighted by Gasteiger charge is -2.34. The van der Waals surface area contributed by atoms with Crippen molar-refractivity contribution >= 4 is 5.91 Å². The second-order valence-corrected chi connectivity index (χ2v) is 6.75. The zero-order chi connectivity index (χ0) is 17.6. The summed E-state index contributed by atoms with van der Waals surface area (Å²) in [6.07, 6.45) is 0. The topological polar surface area (TPSA) is 32.8 Å². The Hall–Kier alpha value is -2.33. The van der Waals surface area contributed by atoms with Gasteiger partial charge in [-0.3, -0.25) is 9.69 Å². The van der Waals surface area contributed by atoms with Gasteiger partial charge in [-0.2, -0.15) is 0 Å². The summed E-state index contributed by atoms with van der Waals surface area (Å²) in [6.45, 7) is 8.52. The first kappa shape index (κ1) is 17.5. The smallest absolute Gasteiger partial charge is 0.260 e. The van der Waals surface area contributed by atoms with Crippen LogP contribution in [0.15, 0.2) is 48.5 Å². The van der Waals surface area contributed by atoms with Crippen LogP contribution in [0.1, 0.15) is 16.7 Å². The molecule has 0 radical (unpaired) electrons. The molecule has 2 aromatic rings. The molecule has 1 aliphatic heterocycles. The molecule has 1 saturated heterocycles. The summed E-state index contributed by atoms with van der Waals surface area (Å²) in [7, 11) is 0. The first-order valence-corrected chi connectivity index (χ1v) is 8.85. The van der Waals surface area contributed by atoms with E-state index in [9.17, 15) is 4.79 Å². The van der Waals surface area contributed by atoms with Crippen molar-refractivity contribution in [1.82, 2.24) is 9.80 Å². The van der Waals surface area contributed by atoms with Gasteiger partial charge in [-0.1, -0.05) is 42.0 Å². The van der Waals surface area contributed by atoms with Gasteiger partial charge >= 0.3 is 0 Å². The second kappa shape index (κ2) is 8.17. The normalized spacial score (nSPS) is 15.2. The summed E-state index contributed by atoms with van der Waals surface area (Å²) in [5.41, 5.74) is 3.75. The highest BCUT2D eigenvalue weighted by molar-refractivity contribution is 5.77. The molecule has 2 aromatic carbocycles. The Labute approximate surface area is 150 Å². The van der Waals surface area contributed by atoms with E-state index < -0.39 is 0 Å². The predicted molar refractivity (Wildman–Crippen MR) is 99.7 cm³/mol. The minimum Gasteiger partial charge on any atom is -0.484 e. The molecule has 1 heterocycles. The van der Waals surface area contributed by atoms with E-state index in [-0.39, 0.29) is 12.5 Å². The third kappa shape index (κ3) is 5.07. The van der Waals surface area contributed by atoms with E-state index in [1.54, 1.807) is 0 Å². The molecule has 0 bridgehead atoms. The highest BCUT2D eigenvalue weighted by Crippen LogP contribution is 2.13. The Morgan fingerprint density at radius 1 is 0.960 bits per heavy atom. The Balaban J connectivity index is 1.43. The van der Waals surface area contributed by atoms with E-state index in [0.29, 0.717) is 0 Å². The van der Waals surface area contributed by atoms with Gasteiger partial charge in [0, 0.05) is 32.7 Å². The van der Waals surface area contributed by atoms with E-state index in [0.717, 1.165) is 44.0 Å². The van der Waals surface area contributed by atoms with Crippen LogP contribution in [0, 0.1) is 13.8 Å². The van der Waals surface area contributed by atoms with Crippen molar-refractivity contribution in [3.05, 3.63) is 65.2 Å². The predicted octanol–water partition coefficient (Wildman–Crippen LogP) is 3.03. The van der Waals surface area contributed by atoms with Gasteiger partial charge in [-0.15, -0.1) is 0 Å². The van der Waals surface area contributed by atoms with Crippen molar-refractivity contribution in [2.24, 2.45) is 0 Å². The van der Waals surface area contributed by atoms with Crippen LogP contribution < -0.4 is 4.74 Å². The molecule has 0 saturated carbocycles. The number of rotatable bonds is 5. The van der Waals surface area contributed by atoms with Crippen LogP contribution in [0.5, 0.6) is 5.75 Å². The first-order valence-electron chi connectivity index (χ1n) is 8.85. The maximum absolute atomic E-state index is 12.3. The molecule has 25 heavy (non-hydrogen) atoms. The third-order valence-corrected chi connectivity index (χ3v) is 4.60. The molecule has 1 fully saturated rings. The summed E-state index contributed by atoms with van der Waals surface area (Å²) in [5.74, 6) is 0.822. The Bertz CT molecular complexity index is 704. The fourth-order valence-electron chi connectivity index (χ4n) is 3.05. The van der Waals surface area contributed by atoms with E-state index in [1.807, 2.05) is 36.1 Å². The van der Waals surface area contributed by atoms with Gasteiger partial charge in [-0.05, 0) is 37.1 Å². The maximum atomic E-state index is 12.3. The van der Waals surface area contributed by atoms with Crippen LogP contribution in [-0.4, -0.2) is 48.5 Å². The molecule has 0 aliphatic carbocycles. The van der Waals surface area contributed by atoms with Gasteiger partial charge in [-0.25, -0.2) is 0 Å². The Kier molecular flexibility index (Phi) is 5.71. The number of piperazine rings is 1. The molecular weight excluding hydrogens is 312 g/mol. The zero-order valence-electron chi connectivity index (χ0n) is 15.1. The zero-order valence-corrected chi connectivity index (χ0v) is 15.1. The van der Waals surface area contributed by atoms with Crippen LogP contribution >= 0.6 is 0 Å². The van der Waals surface area contributed by atoms with Crippen LogP contribution in [-0.2, 0) is 11.3 Å². The average molecular weight is 338 g/mol. The molecular formula is C21H26N2O2. The summed E-state index contributed by atoms with van der Waals surface area (Å²) in [4.78, 5) is 16.6. The quantitative estimate of drug-likeness (QED) is 0.840. The van der Waals surface area contributed by atoms with Crippen LogP contribution in [0.2, 0.25) is 0 Å². The minimum absolute atomic E-state index is 0.0662. The fraction of sp³-hybridized carbons (Fsp3) is 0.381. The van der Waals surface area contributed by atoms with Gasteiger partial charge in [0.25, 0.3) is 5.91 Å². The standard InChI is InChI=1S/C21H26N2O2/c1-17-6-8-19(9-7-17)15-22-10-12-23(13-11-22)21(24)16-25-20-5-3-4-18(2)14-20/h3-9,14H,10-13,15-16H2,1-2H3. The lowest BCUT2D eigenvalue weighted by Crippen LogP contribution is -2.49. The van der Waals surface area contributed by atoms with Crippen molar-refractivity contribution in [3.63, 3.8) is 0 Å². The molecule has 0 spiro atoms. The number of hydrogen-bond acceptors (Lipinski definition) is 3. The number of nitrogens with zero attached hydrogens (tertiary/aromatic N) is 2. The molecule has 4 nitrogen and oxygen atoms in total. The number of ether oxygens (including phenoxy) is 1. The summed E-state index contributed by atoms with van der Waals surface area (Å²) in [5, 5.41) is 0. The van der Waals surface area contributed by atoms with E-state index in [1.165, 1.54) is 11.1 Å². The monoisotopic (exact) mass is 338 g/mol. The highest BCUT2D eigenvalue weighted by atomic mass is 16.5. The number of hydrogen-bond donors (Lipinski definition) is 0. The minimum atomic E-state index is 0.0662. The number of amides is 1. The number of benzene rings is 2. The average Bonchev–Trinajstić information content (AvgIpc) is 2.62. The molecule has 4 heteroatoms. The van der Waals surface area contributed by atoms with Crippen molar-refractivity contribution in [3.8, 4) is 5.75 Å². The van der Waals surface area contributed by atoms with Crippen LogP contribution in [0.4, 0.5) is 0 Å². The molecule has 0 N–H and O–H groups in total. The Morgan fingerprint density at radius 3 is 2.36 bits per heavy atom. The molecule has 0 unspecified atom stereocenters. The Morgan fingerprint density at radius 2 is 1.68 bits per heavy atom. The van der Waals surface area contributed by atoms with Crippen molar-refractivity contribution in [2.75, 3.05) is 32.8 Å². The van der Waals surface area contributed by atoms with Crippen molar-refractivity contribution in [1.29, 1.82) is 0 Å². The largest absolute Gasteiger partial charge is 0.484 e. The molecule has 3 rings (SSSR count). The lowest BCUT2D eigenvalue weighted by molar-refractivity contribution is -0.135. The number of carbonyl (C=O) groups excluding carboxylic acids is 1. The van der Waals surface area contributed by atoms with E-state index in [2.05, 4.69) is 36.1 Å². The molecule has 0 aromatic heterocycles. The summed E-state index contributed by atoms with van der Waals surface area (Å²) >= 11 is 0. The molecule has 1 aliphatic rings. The van der Waals surface area contributed by atoms with Gasteiger partial charge in [0.1, 0.15) is 5.75 Å². The molecule has 1 amide bonds. The second-order valence-electron chi connectivity index (χ2n) is 6.75.